The molecule has 0 heterocycles. The third kappa shape index (κ3) is 1.60. The molecule has 1 heteroatoms. The predicted molar refractivity (Wildman–Crippen MR) is 42.8 cm³/mol. The van der Waals surface area contributed by atoms with Crippen LogP contribution in [0.25, 0.3) is 0 Å². The van der Waals surface area contributed by atoms with E-state index in [0.717, 1.165) is 12.3 Å². The van der Waals surface area contributed by atoms with Crippen LogP contribution in [0.5, 0.6) is 0 Å². The van der Waals surface area contributed by atoms with Crippen LogP contribution in [0.1, 0.15) is 33.1 Å². The molecule has 0 aliphatic heterocycles. The van der Waals surface area contributed by atoms with E-state index in [2.05, 4.69) is 13.8 Å². The van der Waals surface area contributed by atoms with Gasteiger partial charge in [-0.3, -0.25) is 0 Å². The highest BCUT2D eigenvalue weighted by Crippen LogP contribution is 2.26. The van der Waals surface area contributed by atoms with E-state index in [1.165, 1.54) is 18.4 Å². The van der Waals surface area contributed by atoms with Gasteiger partial charge in [-0.2, -0.15) is 0 Å². The Morgan fingerprint density at radius 2 is 2.30 bits per heavy atom. The van der Waals surface area contributed by atoms with E-state index < -0.39 is 0 Å². The topological polar surface area (TPSA) is 20.2 Å². The summed E-state index contributed by atoms with van der Waals surface area (Å²) in [6.07, 6.45) is 5.17. The maximum absolute atomic E-state index is 9.22. The highest BCUT2D eigenvalue weighted by Gasteiger charge is 2.16. The van der Waals surface area contributed by atoms with Crippen LogP contribution in [0.15, 0.2) is 11.6 Å². The van der Waals surface area contributed by atoms with E-state index in [9.17, 15) is 5.11 Å². The average molecular weight is 140 g/mol. The number of aliphatic hydroxyl groups is 1. The van der Waals surface area contributed by atoms with E-state index in [-0.39, 0.29) is 6.10 Å². The van der Waals surface area contributed by atoms with Crippen molar-refractivity contribution in [2.24, 2.45) is 5.92 Å². The Morgan fingerprint density at radius 1 is 1.60 bits per heavy atom. The molecule has 1 rings (SSSR count). The minimum Gasteiger partial charge on any atom is -0.389 e. The number of hydrogen-bond acceptors (Lipinski definition) is 1. The van der Waals surface area contributed by atoms with Crippen molar-refractivity contribution in [1.82, 2.24) is 0 Å². The molecule has 1 aliphatic rings. The molecule has 10 heavy (non-hydrogen) atoms. The van der Waals surface area contributed by atoms with Gasteiger partial charge in [-0.25, -0.2) is 0 Å². The molecule has 0 radical (unpaired) electrons. The Bertz CT molecular complexity index is 138. The molecule has 0 fully saturated rings. The van der Waals surface area contributed by atoms with Gasteiger partial charge in [0.05, 0.1) is 6.10 Å². The van der Waals surface area contributed by atoms with Crippen molar-refractivity contribution >= 4 is 0 Å². The third-order valence-corrected chi connectivity index (χ3v) is 2.40. The molecule has 1 N–H and O–H groups in total. The van der Waals surface area contributed by atoms with Crippen LogP contribution >= 0.6 is 0 Å². The zero-order valence-electron chi connectivity index (χ0n) is 6.80. The van der Waals surface area contributed by atoms with Gasteiger partial charge in [0.25, 0.3) is 0 Å². The van der Waals surface area contributed by atoms with Crippen LogP contribution in [0.3, 0.4) is 0 Å². The van der Waals surface area contributed by atoms with Gasteiger partial charge in [0, 0.05) is 0 Å². The van der Waals surface area contributed by atoms with Gasteiger partial charge in [-0.05, 0) is 32.1 Å². The van der Waals surface area contributed by atoms with Gasteiger partial charge in [0.2, 0.25) is 0 Å². The zero-order chi connectivity index (χ0) is 7.56. The van der Waals surface area contributed by atoms with Gasteiger partial charge in [-0.1, -0.05) is 18.6 Å². The fraction of sp³-hybridized carbons (Fsp3) is 0.778. The summed E-state index contributed by atoms with van der Waals surface area (Å²) in [4.78, 5) is 0. The van der Waals surface area contributed by atoms with E-state index in [0.29, 0.717) is 0 Å². The quantitative estimate of drug-likeness (QED) is 0.553. The zero-order valence-corrected chi connectivity index (χ0v) is 6.80. The van der Waals surface area contributed by atoms with Crippen molar-refractivity contribution in [3.63, 3.8) is 0 Å². The third-order valence-electron chi connectivity index (χ3n) is 2.40. The fourth-order valence-electron chi connectivity index (χ4n) is 1.65. The Kier molecular flexibility index (Phi) is 2.50. The van der Waals surface area contributed by atoms with Crippen LogP contribution in [-0.2, 0) is 0 Å². The number of hydrogen-bond donors (Lipinski definition) is 1. The lowest BCUT2D eigenvalue weighted by Gasteiger charge is -2.23. The predicted octanol–water partition coefficient (Wildman–Crippen LogP) is 2.11. The molecule has 0 spiro atoms. The van der Waals surface area contributed by atoms with Gasteiger partial charge in [0.1, 0.15) is 0 Å². The van der Waals surface area contributed by atoms with Crippen molar-refractivity contribution in [3.8, 4) is 0 Å². The largest absolute Gasteiger partial charge is 0.389 e. The van der Waals surface area contributed by atoms with Crippen LogP contribution in [0.4, 0.5) is 0 Å². The molecule has 0 aromatic rings. The lowest BCUT2D eigenvalue weighted by Crippen LogP contribution is -2.15. The van der Waals surface area contributed by atoms with Crippen molar-refractivity contribution in [2.45, 2.75) is 39.2 Å². The minimum atomic E-state index is -0.164. The van der Waals surface area contributed by atoms with E-state index >= 15 is 0 Å². The summed E-state index contributed by atoms with van der Waals surface area (Å²) in [5, 5.41) is 9.22. The Balaban J connectivity index is 2.58. The molecule has 58 valence electrons. The van der Waals surface area contributed by atoms with Crippen LogP contribution in [0, 0.1) is 5.92 Å². The summed E-state index contributed by atoms with van der Waals surface area (Å²) in [7, 11) is 0. The van der Waals surface area contributed by atoms with E-state index in [4.69, 9.17) is 0 Å². The molecule has 0 aromatic heterocycles. The number of allylic oxidation sites excluding steroid dienone is 1. The highest BCUT2D eigenvalue weighted by atomic mass is 16.3. The maximum Gasteiger partial charge on any atom is 0.0723 e. The molecular formula is C9H16O. The van der Waals surface area contributed by atoms with E-state index in [1.54, 1.807) is 0 Å². The van der Waals surface area contributed by atoms with Gasteiger partial charge >= 0.3 is 0 Å². The molecule has 0 saturated heterocycles. The smallest absolute Gasteiger partial charge is 0.0723 e. The fourth-order valence-corrected chi connectivity index (χ4v) is 1.65. The molecule has 0 saturated carbocycles. The lowest BCUT2D eigenvalue weighted by molar-refractivity contribution is 0.190. The number of aliphatic hydroxyl groups excluding tert-OH is 1. The van der Waals surface area contributed by atoms with Crippen molar-refractivity contribution < 1.29 is 5.11 Å². The number of rotatable bonds is 1. The summed E-state index contributed by atoms with van der Waals surface area (Å²) in [6.45, 7) is 4.33. The normalized spacial score (nSPS) is 33.7. The van der Waals surface area contributed by atoms with E-state index in [1.807, 2.05) is 6.08 Å². The summed E-state index contributed by atoms with van der Waals surface area (Å²) in [6, 6.07) is 0. The first-order chi connectivity index (χ1) is 4.74. The van der Waals surface area contributed by atoms with Gasteiger partial charge in [-0.15, -0.1) is 0 Å². The first kappa shape index (κ1) is 7.80. The molecule has 1 aliphatic carbocycles. The van der Waals surface area contributed by atoms with Crippen molar-refractivity contribution in [3.05, 3.63) is 11.6 Å². The second-order valence-electron chi connectivity index (χ2n) is 3.16. The first-order valence-electron chi connectivity index (χ1n) is 4.10. The van der Waals surface area contributed by atoms with Gasteiger partial charge < -0.3 is 5.11 Å². The summed E-state index contributed by atoms with van der Waals surface area (Å²) < 4.78 is 0. The second-order valence-corrected chi connectivity index (χ2v) is 3.16. The summed E-state index contributed by atoms with van der Waals surface area (Å²) >= 11 is 0. The Morgan fingerprint density at radius 3 is 2.80 bits per heavy atom. The Labute approximate surface area is 62.8 Å². The maximum atomic E-state index is 9.22. The lowest BCUT2D eigenvalue weighted by atomic mass is 9.86. The minimum absolute atomic E-state index is 0.164. The SMILES string of the molecule is CCC1CCC(O)C=C1C. The molecule has 0 aromatic carbocycles. The molecule has 2 atom stereocenters. The molecule has 2 unspecified atom stereocenters. The monoisotopic (exact) mass is 140 g/mol. The Hall–Kier alpha value is -0.300. The second kappa shape index (κ2) is 3.20. The average Bonchev–Trinajstić information content (AvgIpc) is 1.88. The van der Waals surface area contributed by atoms with Crippen LogP contribution in [-0.4, -0.2) is 11.2 Å². The summed E-state index contributed by atoms with van der Waals surface area (Å²) in [5.41, 5.74) is 1.38. The molecule has 1 nitrogen and oxygen atoms in total. The van der Waals surface area contributed by atoms with Gasteiger partial charge in [0.15, 0.2) is 0 Å². The first-order valence-corrected chi connectivity index (χ1v) is 4.10. The van der Waals surface area contributed by atoms with Crippen molar-refractivity contribution in [1.29, 1.82) is 0 Å². The van der Waals surface area contributed by atoms with Crippen LogP contribution < -0.4 is 0 Å². The summed E-state index contributed by atoms with van der Waals surface area (Å²) in [5.74, 6) is 0.739. The van der Waals surface area contributed by atoms with Crippen molar-refractivity contribution in [2.75, 3.05) is 0 Å². The highest BCUT2D eigenvalue weighted by molar-refractivity contribution is 5.09. The molecule has 0 bridgehead atoms. The molecular weight excluding hydrogens is 124 g/mol. The standard InChI is InChI=1S/C9H16O/c1-3-8-4-5-9(10)6-7(8)2/h6,8-10H,3-5H2,1-2H3. The van der Waals surface area contributed by atoms with Crippen LogP contribution in [0.2, 0.25) is 0 Å². The molecule has 0 amide bonds.